The highest BCUT2D eigenvalue weighted by Crippen LogP contribution is 2.36. The highest BCUT2D eigenvalue weighted by Gasteiger charge is 2.21. The number of furan rings is 1. The Labute approximate surface area is 127 Å². The second-order valence-electron chi connectivity index (χ2n) is 4.71. The zero-order chi connectivity index (χ0) is 14.3. The Kier molecular flexibility index (Phi) is 3.47. The molecule has 0 aliphatic carbocycles. The van der Waals surface area contributed by atoms with Crippen LogP contribution in [0.5, 0.6) is 0 Å². The normalized spacial score (nSPS) is 12.8. The van der Waals surface area contributed by atoms with Gasteiger partial charge in [0, 0.05) is 10.9 Å². The molecule has 20 heavy (non-hydrogen) atoms. The lowest BCUT2D eigenvalue weighted by Gasteiger charge is -2.13. The van der Waals surface area contributed by atoms with Gasteiger partial charge in [-0.2, -0.15) is 0 Å². The summed E-state index contributed by atoms with van der Waals surface area (Å²) in [5, 5.41) is 2.03. The molecule has 1 aromatic heterocycles. The van der Waals surface area contributed by atoms with Gasteiger partial charge in [-0.3, -0.25) is 0 Å². The quantitative estimate of drug-likeness (QED) is 0.715. The number of hydrogen-bond acceptors (Lipinski definition) is 2. The highest BCUT2D eigenvalue weighted by atomic mass is 35.5. The summed E-state index contributed by atoms with van der Waals surface area (Å²) in [5.41, 5.74) is 8.94. The molecule has 2 N–H and O–H groups in total. The average molecular weight is 306 g/mol. The molecule has 0 amide bonds. The molecule has 3 aromatic rings. The molecule has 0 saturated carbocycles. The van der Waals surface area contributed by atoms with E-state index in [-0.39, 0.29) is 0 Å². The van der Waals surface area contributed by atoms with Gasteiger partial charge in [0.25, 0.3) is 0 Å². The first kappa shape index (κ1) is 13.5. The van der Waals surface area contributed by atoms with Crippen LogP contribution in [0.1, 0.15) is 22.9 Å². The number of fused-ring (bicyclic) bond motifs is 1. The van der Waals surface area contributed by atoms with E-state index in [1.807, 2.05) is 43.3 Å². The first-order chi connectivity index (χ1) is 9.59. The van der Waals surface area contributed by atoms with Crippen LogP contribution in [0.15, 0.2) is 46.9 Å². The Bertz CT molecular complexity index is 779. The predicted octanol–water partition coefficient (Wildman–Crippen LogP) is 5.10. The Hall–Kier alpha value is -1.48. The van der Waals surface area contributed by atoms with E-state index in [4.69, 9.17) is 33.4 Å². The van der Waals surface area contributed by atoms with Crippen LogP contribution < -0.4 is 5.73 Å². The molecule has 102 valence electrons. The van der Waals surface area contributed by atoms with Crippen LogP contribution in [0, 0.1) is 6.92 Å². The molecule has 1 heterocycles. The number of halogens is 2. The van der Waals surface area contributed by atoms with Crippen LogP contribution >= 0.6 is 23.2 Å². The molecule has 1 atom stereocenters. The van der Waals surface area contributed by atoms with Gasteiger partial charge >= 0.3 is 0 Å². The lowest BCUT2D eigenvalue weighted by Crippen LogP contribution is -2.12. The minimum Gasteiger partial charge on any atom is -0.459 e. The molecule has 4 heteroatoms. The predicted molar refractivity (Wildman–Crippen MR) is 83.4 cm³/mol. The van der Waals surface area contributed by atoms with Crippen molar-refractivity contribution in [2.45, 2.75) is 13.0 Å². The summed E-state index contributed by atoms with van der Waals surface area (Å²) >= 11 is 12.3. The molecule has 2 aromatic carbocycles. The van der Waals surface area contributed by atoms with E-state index < -0.39 is 6.04 Å². The van der Waals surface area contributed by atoms with Gasteiger partial charge in [0.1, 0.15) is 11.3 Å². The molecule has 0 aliphatic rings. The van der Waals surface area contributed by atoms with Crippen molar-refractivity contribution in [3.05, 3.63) is 69.4 Å². The van der Waals surface area contributed by atoms with Gasteiger partial charge in [-0.25, -0.2) is 0 Å². The molecule has 0 aliphatic heterocycles. The van der Waals surface area contributed by atoms with Crippen molar-refractivity contribution in [3.63, 3.8) is 0 Å². The fraction of sp³-hybridized carbons (Fsp3) is 0.125. The zero-order valence-corrected chi connectivity index (χ0v) is 12.4. The minimum absolute atomic E-state index is 0.436. The number of nitrogens with two attached hydrogens (primary N) is 1. The summed E-state index contributed by atoms with van der Waals surface area (Å²) in [6.07, 6.45) is 0. The molecule has 0 spiro atoms. The van der Waals surface area contributed by atoms with E-state index in [2.05, 4.69) is 0 Å². The average Bonchev–Trinajstić information content (AvgIpc) is 2.79. The summed E-state index contributed by atoms with van der Waals surface area (Å²) in [6, 6.07) is 12.9. The Morgan fingerprint density at radius 3 is 2.55 bits per heavy atom. The standard InChI is InChI=1S/C16H13Cl2NO/c1-9-10-5-2-3-8-13(10)20-16(9)15(19)11-6-4-7-12(17)14(11)18/h2-8,15H,19H2,1H3. The zero-order valence-electron chi connectivity index (χ0n) is 10.9. The number of benzene rings is 2. The lowest BCUT2D eigenvalue weighted by molar-refractivity contribution is 0.521. The summed E-state index contributed by atoms with van der Waals surface area (Å²) in [7, 11) is 0. The van der Waals surface area contributed by atoms with Crippen LogP contribution in [-0.2, 0) is 0 Å². The Morgan fingerprint density at radius 2 is 1.80 bits per heavy atom. The summed E-state index contributed by atoms with van der Waals surface area (Å²) in [4.78, 5) is 0. The molecule has 0 fully saturated rings. The Balaban J connectivity index is 2.15. The summed E-state index contributed by atoms with van der Waals surface area (Å²) < 4.78 is 5.88. The van der Waals surface area contributed by atoms with Gasteiger partial charge in [-0.15, -0.1) is 0 Å². The van der Waals surface area contributed by atoms with Crippen LogP contribution in [0.2, 0.25) is 10.0 Å². The highest BCUT2D eigenvalue weighted by molar-refractivity contribution is 6.42. The molecule has 3 rings (SSSR count). The van der Waals surface area contributed by atoms with Crippen molar-refractivity contribution >= 4 is 34.2 Å². The number of aryl methyl sites for hydroxylation is 1. The second-order valence-corrected chi connectivity index (χ2v) is 5.49. The van der Waals surface area contributed by atoms with Gasteiger partial charge in [0.2, 0.25) is 0 Å². The maximum absolute atomic E-state index is 6.31. The van der Waals surface area contributed by atoms with E-state index in [0.29, 0.717) is 10.0 Å². The third-order valence-corrected chi connectivity index (χ3v) is 4.31. The largest absolute Gasteiger partial charge is 0.459 e. The van der Waals surface area contributed by atoms with Gasteiger partial charge in [0.15, 0.2) is 0 Å². The van der Waals surface area contributed by atoms with Crippen molar-refractivity contribution < 1.29 is 4.42 Å². The van der Waals surface area contributed by atoms with E-state index in [1.165, 1.54) is 0 Å². The molecular weight excluding hydrogens is 293 g/mol. The second kappa shape index (κ2) is 5.13. The first-order valence-electron chi connectivity index (χ1n) is 6.27. The third kappa shape index (κ3) is 2.10. The molecular formula is C16H13Cl2NO. The van der Waals surface area contributed by atoms with Gasteiger partial charge in [-0.1, -0.05) is 53.5 Å². The molecule has 0 bridgehead atoms. The van der Waals surface area contributed by atoms with Crippen molar-refractivity contribution in [2.24, 2.45) is 5.73 Å². The van der Waals surface area contributed by atoms with E-state index >= 15 is 0 Å². The lowest BCUT2D eigenvalue weighted by atomic mass is 10.0. The molecule has 1 unspecified atom stereocenters. The van der Waals surface area contributed by atoms with Crippen LogP contribution in [0.25, 0.3) is 11.0 Å². The number of rotatable bonds is 2. The first-order valence-corrected chi connectivity index (χ1v) is 7.02. The Morgan fingerprint density at radius 1 is 1.05 bits per heavy atom. The van der Waals surface area contributed by atoms with Crippen LogP contribution in [0.4, 0.5) is 0 Å². The van der Waals surface area contributed by atoms with E-state index in [0.717, 1.165) is 27.9 Å². The number of para-hydroxylation sites is 1. The van der Waals surface area contributed by atoms with E-state index in [1.54, 1.807) is 6.07 Å². The summed E-state index contributed by atoms with van der Waals surface area (Å²) in [6.45, 7) is 2.00. The van der Waals surface area contributed by atoms with E-state index in [9.17, 15) is 0 Å². The summed E-state index contributed by atoms with van der Waals surface area (Å²) in [5.74, 6) is 0.718. The number of hydrogen-bond donors (Lipinski definition) is 1. The topological polar surface area (TPSA) is 39.2 Å². The molecule has 2 nitrogen and oxygen atoms in total. The van der Waals surface area contributed by atoms with Crippen molar-refractivity contribution in [1.29, 1.82) is 0 Å². The fourth-order valence-electron chi connectivity index (χ4n) is 2.39. The minimum atomic E-state index is -0.436. The van der Waals surface area contributed by atoms with Crippen molar-refractivity contribution in [1.82, 2.24) is 0 Å². The van der Waals surface area contributed by atoms with Gasteiger partial charge in [-0.05, 0) is 24.6 Å². The molecule has 0 radical (unpaired) electrons. The smallest absolute Gasteiger partial charge is 0.134 e. The van der Waals surface area contributed by atoms with Gasteiger partial charge in [0.05, 0.1) is 16.1 Å². The van der Waals surface area contributed by atoms with Crippen LogP contribution in [0.3, 0.4) is 0 Å². The monoisotopic (exact) mass is 305 g/mol. The van der Waals surface area contributed by atoms with Gasteiger partial charge < -0.3 is 10.2 Å². The fourth-order valence-corrected chi connectivity index (χ4v) is 2.82. The third-order valence-electron chi connectivity index (χ3n) is 3.48. The maximum Gasteiger partial charge on any atom is 0.134 e. The molecule has 0 saturated heterocycles. The maximum atomic E-state index is 6.31. The van der Waals surface area contributed by atoms with Crippen molar-refractivity contribution in [2.75, 3.05) is 0 Å². The van der Waals surface area contributed by atoms with Crippen LogP contribution in [-0.4, -0.2) is 0 Å². The SMILES string of the molecule is Cc1c(C(N)c2cccc(Cl)c2Cl)oc2ccccc12. The van der Waals surface area contributed by atoms with Crippen molar-refractivity contribution in [3.8, 4) is 0 Å².